The Kier molecular flexibility index (Phi) is 2.64. The van der Waals surface area contributed by atoms with Crippen molar-refractivity contribution in [3.05, 3.63) is 23.3 Å². The van der Waals surface area contributed by atoms with Crippen molar-refractivity contribution in [2.24, 2.45) is 5.41 Å². The van der Waals surface area contributed by atoms with Crippen molar-refractivity contribution in [1.82, 2.24) is 0 Å². The molecular formula is C15H22O2. The Labute approximate surface area is 103 Å². The molecule has 1 fully saturated rings. The van der Waals surface area contributed by atoms with E-state index in [1.165, 1.54) is 12.8 Å². The summed E-state index contributed by atoms with van der Waals surface area (Å²) in [6.07, 6.45) is 3.58. The van der Waals surface area contributed by atoms with E-state index < -0.39 is 0 Å². The molecule has 17 heavy (non-hydrogen) atoms. The van der Waals surface area contributed by atoms with Gasteiger partial charge in [0.1, 0.15) is 0 Å². The van der Waals surface area contributed by atoms with E-state index in [2.05, 4.69) is 20.8 Å². The first kappa shape index (κ1) is 12.3. The maximum absolute atomic E-state index is 9.78. The van der Waals surface area contributed by atoms with Gasteiger partial charge < -0.3 is 10.2 Å². The Morgan fingerprint density at radius 2 is 1.71 bits per heavy atom. The average Bonchev–Trinajstić information content (AvgIpc) is 2.50. The lowest BCUT2D eigenvalue weighted by atomic mass is 9.65. The number of benzene rings is 1. The Bertz CT molecular complexity index is 425. The van der Waals surface area contributed by atoms with Crippen LogP contribution in [0.5, 0.6) is 11.5 Å². The summed E-state index contributed by atoms with van der Waals surface area (Å²) in [4.78, 5) is 0. The van der Waals surface area contributed by atoms with Gasteiger partial charge in [-0.3, -0.25) is 0 Å². The van der Waals surface area contributed by atoms with Crippen LogP contribution in [-0.2, 0) is 5.41 Å². The van der Waals surface area contributed by atoms with Crippen molar-refractivity contribution in [3.63, 3.8) is 0 Å². The zero-order valence-corrected chi connectivity index (χ0v) is 11.2. The molecule has 1 atom stereocenters. The molecule has 0 heterocycles. The van der Waals surface area contributed by atoms with Crippen LogP contribution in [0.2, 0.25) is 0 Å². The number of hydrogen-bond donors (Lipinski definition) is 2. The first-order chi connectivity index (χ1) is 7.78. The standard InChI is InChI=1S/C15H22O2/c1-10-8-11(9-12(16)13(10)17)15(4)7-5-6-14(15,2)3/h8-9,16-17H,5-7H2,1-4H3. The van der Waals surface area contributed by atoms with Gasteiger partial charge in [0, 0.05) is 0 Å². The van der Waals surface area contributed by atoms with E-state index in [-0.39, 0.29) is 22.3 Å². The Hall–Kier alpha value is -1.18. The molecule has 0 amide bonds. The number of phenols is 2. The molecule has 0 aliphatic heterocycles. The maximum Gasteiger partial charge on any atom is 0.160 e. The molecule has 1 aromatic carbocycles. The van der Waals surface area contributed by atoms with Gasteiger partial charge in [0.25, 0.3) is 0 Å². The van der Waals surface area contributed by atoms with Gasteiger partial charge >= 0.3 is 0 Å². The molecular weight excluding hydrogens is 212 g/mol. The largest absolute Gasteiger partial charge is 0.504 e. The summed E-state index contributed by atoms with van der Waals surface area (Å²) in [6.45, 7) is 8.69. The Morgan fingerprint density at radius 3 is 2.18 bits per heavy atom. The fourth-order valence-corrected chi connectivity index (χ4v) is 3.11. The molecule has 2 heteroatoms. The van der Waals surface area contributed by atoms with Gasteiger partial charge in [0.15, 0.2) is 11.5 Å². The molecule has 1 aliphatic carbocycles. The molecule has 1 unspecified atom stereocenters. The van der Waals surface area contributed by atoms with Crippen molar-refractivity contribution in [2.45, 2.75) is 52.4 Å². The van der Waals surface area contributed by atoms with E-state index in [1.807, 2.05) is 13.0 Å². The van der Waals surface area contributed by atoms with Crippen molar-refractivity contribution in [2.75, 3.05) is 0 Å². The fraction of sp³-hybridized carbons (Fsp3) is 0.600. The highest BCUT2D eigenvalue weighted by Gasteiger charge is 2.46. The zero-order chi connectivity index (χ0) is 12.8. The SMILES string of the molecule is Cc1cc(C2(C)CCCC2(C)C)cc(O)c1O. The quantitative estimate of drug-likeness (QED) is 0.724. The molecule has 0 bridgehead atoms. The molecule has 0 saturated heterocycles. The van der Waals surface area contributed by atoms with Crippen molar-refractivity contribution < 1.29 is 10.2 Å². The summed E-state index contributed by atoms with van der Waals surface area (Å²) >= 11 is 0. The third kappa shape index (κ3) is 1.70. The van der Waals surface area contributed by atoms with Crippen LogP contribution in [0.4, 0.5) is 0 Å². The van der Waals surface area contributed by atoms with Gasteiger partial charge in [-0.15, -0.1) is 0 Å². The molecule has 2 rings (SSSR count). The van der Waals surface area contributed by atoms with Gasteiger partial charge in [0.2, 0.25) is 0 Å². The molecule has 94 valence electrons. The van der Waals surface area contributed by atoms with E-state index in [0.29, 0.717) is 0 Å². The summed E-state index contributed by atoms with van der Waals surface area (Å²) in [5.74, 6) is 0.0112. The number of phenolic OH excluding ortho intramolecular Hbond substituents is 2. The molecule has 1 aromatic rings. The predicted octanol–water partition coefficient (Wildman–Crippen LogP) is 3.87. The highest BCUT2D eigenvalue weighted by Crippen LogP contribution is 2.54. The van der Waals surface area contributed by atoms with Crippen molar-refractivity contribution in [3.8, 4) is 11.5 Å². The maximum atomic E-state index is 9.78. The van der Waals surface area contributed by atoms with Gasteiger partial charge in [-0.05, 0) is 47.8 Å². The second-order valence-electron chi connectivity index (χ2n) is 6.23. The summed E-state index contributed by atoms with van der Waals surface area (Å²) in [6, 6.07) is 3.75. The summed E-state index contributed by atoms with van der Waals surface area (Å²) < 4.78 is 0. The van der Waals surface area contributed by atoms with Crippen LogP contribution in [0.25, 0.3) is 0 Å². The molecule has 1 saturated carbocycles. The van der Waals surface area contributed by atoms with Crippen LogP contribution in [0.15, 0.2) is 12.1 Å². The minimum atomic E-state index is 0.00363. The second-order valence-corrected chi connectivity index (χ2v) is 6.23. The minimum Gasteiger partial charge on any atom is -0.504 e. The van der Waals surface area contributed by atoms with Gasteiger partial charge in [0.05, 0.1) is 0 Å². The monoisotopic (exact) mass is 234 g/mol. The smallest absolute Gasteiger partial charge is 0.160 e. The van der Waals surface area contributed by atoms with E-state index in [0.717, 1.165) is 17.5 Å². The number of hydrogen-bond acceptors (Lipinski definition) is 2. The average molecular weight is 234 g/mol. The van der Waals surface area contributed by atoms with Crippen LogP contribution in [-0.4, -0.2) is 10.2 Å². The minimum absolute atomic E-state index is 0.00363. The third-order valence-corrected chi connectivity index (χ3v) is 4.89. The molecule has 0 radical (unpaired) electrons. The van der Waals surface area contributed by atoms with Crippen molar-refractivity contribution in [1.29, 1.82) is 0 Å². The Morgan fingerprint density at radius 1 is 1.06 bits per heavy atom. The van der Waals surface area contributed by atoms with Gasteiger partial charge in [-0.2, -0.15) is 0 Å². The molecule has 2 nitrogen and oxygen atoms in total. The normalized spacial score (nSPS) is 27.3. The first-order valence-electron chi connectivity index (χ1n) is 6.31. The van der Waals surface area contributed by atoms with Crippen molar-refractivity contribution >= 4 is 0 Å². The van der Waals surface area contributed by atoms with Gasteiger partial charge in [-0.25, -0.2) is 0 Å². The van der Waals surface area contributed by atoms with Crippen LogP contribution in [0.3, 0.4) is 0 Å². The lowest BCUT2D eigenvalue weighted by Crippen LogP contribution is -2.34. The number of rotatable bonds is 1. The summed E-state index contributed by atoms with van der Waals surface area (Å²) in [5, 5.41) is 19.4. The number of aromatic hydroxyl groups is 2. The van der Waals surface area contributed by atoms with E-state index in [4.69, 9.17) is 0 Å². The lowest BCUT2D eigenvalue weighted by molar-refractivity contribution is 0.224. The van der Waals surface area contributed by atoms with Crippen LogP contribution >= 0.6 is 0 Å². The van der Waals surface area contributed by atoms with E-state index >= 15 is 0 Å². The first-order valence-corrected chi connectivity index (χ1v) is 6.31. The van der Waals surface area contributed by atoms with Gasteiger partial charge in [-0.1, -0.05) is 33.3 Å². The summed E-state index contributed by atoms with van der Waals surface area (Å²) in [5.41, 5.74) is 2.22. The van der Waals surface area contributed by atoms with Crippen LogP contribution in [0.1, 0.15) is 51.2 Å². The third-order valence-electron chi connectivity index (χ3n) is 4.89. The molecule has 1 aliphatic rings. The molecule has 2 N–H and O–H groups in total. The van der Waals surface area contributed by atoms with Crippen LogP contribution in [0, 0.1) is 12.3 Å². The molecule has 0 spiro atoms. The highest BCUT2D eigenvalue weighted by atomic mass is 16.3. The number of aryl methyl sites for hydroxylation is 1. The topological polar surface area (TPSA) is 40.5 Å². The lowest BCUT2D eigenvalue weighted by Gasteiger charge is -2.39. The fourth-order valence-electron chi connectivity index (χ4n) is 3.11. The zero-order valence-electron chi connectivity index (χ0n) is 11.2. The summed E-state index contributed by atoms with van der Waals surface area (Å²) in [7, 11) is 0. The van der Waals surface area contributed by atoms with E-state index in [1.54, 1.807) is 6.07 Å². The highest BCUT2D eigenvalue weighted by molar-refractivity contribution is 5.49. The van der Waals surface area contributed by atoms with E-state index in [9.17, 15) is 10.2 Å². The Balaban J connectivity index is 2.54. The van der Waals surface area contributed by atoms with Crippen LogP contribution < -0.4 is 0 Å². The molecule has 0 aromatic heterocycles. The predicted molar refractivity (Wildman–Crippen MR) is 69.5 cm³/mol. The second kappa shape index (κ2) is 3.66.